The van der Waals surface area contributed by atoms with E-state index in [1.54, 1.807) is 6.07 Å². The van der Waals surface area contributed by atoms with Gasteiger partial charge in [-0.3, -0.25) is 4.79 Å². The zero-order chi connectivity index (χ0) is 13.8. The molecule has 0 saturated carbocycles. The Bertz CT molecular complexity index is 448. The van der Waals surface area contributed by atoms with Crippen molar-refractivity contribution in [2.75, 3.05) is 13.2 Å². The maximum Gasteiger partial charge on any atom is 0.220 e. The van der Waals surface area contributed by atoms with E-state index in [1.165, 1.54) is 0 Å². The minimum atomic E-state index is 0.0425. The third kappa shape index (κ3) is 4.10. The van der Waals surface area contributed by atoms with Gasteiger partial charge in [0.2, 0.25) is 5.91 Å². The lowest BCUT2D eigenvalue weighted by Crippen LogP contribution is -2.25. The predicted molar refractivity (Wildman–Crippen MR) is 76.6 cm³/mol. The fourth-order valence-electron chi connectivity index (χ4n) is 2.22. The Hall–Kier alpha value is -0.770. The molecule has 0 radical (unpaired) electrons. The van der Waals surface area contributed by atoms with Crippen LogP contribution in [0.25, 0.3) is 0 Å². The third-order valence-electron chi connectivity index (χ3n) is 3.34. The van der Waals surface area contributed by atoms with Crippen LogP contribution in [0.3, 0.4) is 0 Å². The van der Waals surface area contributed by atoms with E-state index in [2.05, 4.69) is 5.32 Å². The number of halogens is 2. The van der Waals surface area contributed by atoms with Crippen LogP contribution in [0.15, 0.2) is 12.1 Å². The van der Waals surface area contributed by atoms with Gasteiger partial charge in [0.1, 0.15) is 0 Å². The van der Waals surface area contributed by atoms with Crippen LogP contribution in [0, 0.1) is 12.8 Å². The predicted octanol–water partition coefficient (Wildman–Crippen LogP) is 3.34. The van der Waals surface area contributed by atoms with Crippen LogP contribution in [0.5, 0.6) is 0 Å². The van der Waals surface area contributed by atoms with E-state index in [-0.39, 0.29) is 5.91 Å². The highest BCUT2D eigenvalue weighted by molar-refractivity contribution is 6.35. The van der Waals surface area contributed by atoms with Gasteiger partial charge >= 0.3 is 0 Å². The summed E-state index contributed by atoms with van der Waals surface area (Å²) in [7, 11) is 0. The van der Waals surface area contributed by atoms with Gasteiger partial charge in [-0.05, 0) is 42.5 Å². The van der Waals surface area contributed by atoms with Gasteiger partial charge in [-0.15, -0.1) is 0 Å². The maximum atomic E-state index is 11.8. The SMILES string of the molecule is Cc1cc(Cl)cc(Cl)c1CNC(=O)CC1CCOC1. The molecule has 5 heteroatoms. The number of hydrogen-bond acceptors (Lipinski definition) is 2. The number of rotatable bonds is 4. The Morgan fingerprint density at radius 1 is 1.47 bits per heavy atom. The summed E-state index contributed by atoms with van der Waals surface area (Å²) in [6, 6.07) is 3.54. The van der Waals surface area contributed by atoms with Crippen molar-refractivity contribution in [1.29, 1.82) is 0 Å². The third-order valence-corrected chi connectivity index (χ3v) is 3.90. The van der Waals surface area contributed by atoms with Gasteiger partial charge in [0.15, 0.2) is 0 Å². The van der Waals surface area contributed by atoms with Crippen molar-refractivity contribution in [2.24, 2.45) is 5.92 Å². The summed E-state index contributed by atoms with van der Waals surface area (Å²) in [4.78, 5) is 11.8. The van der Waals surface area contributed by atoms with Gasteiger partial charge in [0.25, 0.3) is 0 Å². The Kier molecular flexibility index (Phi) is 5.08. The molecule has 104 valence electrons. The first-order chi connectivity index (χ1) is 9.06. The summed E-state index contributed by atoms with van der Waals surface area (Å²) >= 11 is 12.0. The van der Waals surface area contributed by atoms with Crippen molar-refractivity contribution in [3.63, 3.8) is 0 Å². The monoisotopic (exact) mass is 301 g/mol. The van der Waals surface area contributed by atoms with E-state index in [9.17, 15) is 4.79 Å². The molecule has 1 atom stereocenters. The molecule has 1 unspecified atom stereocenters. The summed E-state index contributed by atoms with van der Waals surface area (Å²) in [6.45, 7) is 3.83. The van der Waals surface area contributed by atoms with Gasteiger partial charge in [-0.1, -0.05) is 23.2 Å². The van der Waals surface area contributed by atoms with Crippen molar-refractivity contribution in [2.45, 2.75) is 26.3 Å². The van der Waals surface area contributed by atoms with E-state index in [0.29, 0.717) is 35.5 Å². The Morgan fingerprint density at radius 2 is 2.26 bits per heavy atom. The molecule has 1 N–H and O–H groups in total. The van der Waals surface area contributed by atoms with Crippen LogP contribution >= 0.6 is 23.2 Å². The molecule has 1 fully saturated rings. The van der Waals surface area contributed by atoms with Gasteiger partial charge in [-0.2, -0.15) is 0 Å². The molecule has 1 amide bonds. The number of ether oxygens (including phenoxy) is 1. The zero-order valence-electron chi connectivity index (χ0n) is 10.8. The van der Waals surface area contributed by atoms with Gasteiger partial charge < -0.3 is 10.1 Å². The molecule has 3 nitrogen and oxygen atoms in total. The van der Waals surface area contributed by atoms with Crippen LogP contribution in [-0.4, -0.2) is 19.1 Å². The van der Waals surface area contributed by atoms with E-state index < -0.39 is 0 Å². The Balaban J connectivity index is 1.89. The Morgan fingerprint density at radius 3 is 2.89 bits per heavy atom. The topological polar surface area (TPSA) is 38.3 Å². The number of hydrogen-bond donors (Lipinski definition) is 1. The average Bonchev–Trinajstić information content (AvgIpc) is 2.80. The average molecular weight is 302 g/mol. The molecular formula is C14H17Cl2NO2. The van der Waals surface area contributed by atoms with Gasteiger partial charge in [0, 0.05) is 36.2 Å². The molecule has 19 heavy (non-hydrogen) atoms. The number of carbonyl (C=O) groups excluding carboxylic acids is 1. The fourth-order valence-corrected chi connectivity index (χ4v) is 2.88. The number of carbonyl (C=O) groups is 1. The summed E-state index contributed by atoms with van der Waals surface area (Å²) < 4.78 is 5.26. The lowest BCUT2D eigenvalue weighted by atomic mass is 10.0. The minimum Gasteiger partial charge on any atom is -0.381 e. The van der Waals surface area contributed by atoms with Crippen molar-refractivity contribution < 1.29 is 9.53 Å². The van der Waals surface area contributed by atoms with Crippen LogP contribution in [0.1, 0.15) is 24.0 Å². The first kappa shape index (κ1) is 14.6. The standard InChI is InChI=1S/C14H17Cl2NO2/c1-9-4-11(15)6-13(16)12(9)7-17-14(18)5-10-2-3-19-8-10/h4,6,10H,2-3,5,7-8H2,1H3,(H,17,18). The van der Waals surface area contributed by atoms with Crippen LogP contribution in [-0.2, 0) is 16.1 Å². The van der Waals surface area contributed by atoms with E-state index in [0.717, 1.165) is 24.2 Å². The molecule has 1 aliphatic rings. The molecule has 0 aliphatic carbocycles. The highest BCUT2D eigenvalue weighted by Gasteiger charge is 2.19. The maximum absolute atomic E-state index is 11.8. The summed E-state index contributed by atoms with van der Waals surface area (Å²) in [5.74, 6) is 0.391. The quantitative estimate of drug-likeness (QED) is 0.926. The number of amides is 1. The van der Waals surface area contributed by atoms with Crippen molar-refractivity contribution in [3.8, 4) is 0 Å². The molecular weight excluding hydrogens is 285 g/mol. The van der Waals surface area contributed by atoms with E-state index >= 15 is 0 Å². The zero-order valence-corrected chi connectivity index (χ0v) is 12.4. The second kappa shape index (κ2) is 6.60. The highest BCUT2D eigenvalue weighted by atomic mass is 35.5. The van der Waals surface area contributed by atoms with Crippen LogP contribution in [0.2, 0.25) is 10.0 Å². The van der Waals surface area contributed by atoms with Crippen LogP contribution < -0.4 is 5.32 Å². The number of benzene rings is 1. The fraction of sp³-hybridized carbons (Fsp3) is 0.500. The van der Waals surface area contributed by atoms with Gasteiger partial charge in [0.05, 0.1) is 0 Å². The first-order valence-electron chi connectivity index (χ1n) is 6.35. The molecule has 1 heterocycles. The normalized spacial score (nSPS) is 18.6. The second-order valence-electron chi connectivity index (χ2n) is 4.89. The van der Waals surface area contributed by atoms with E-state index in [1.807, 2.05) is 13.0 Å². The molecule has 0 bridgehead atoms. The lowest BCUT2D eigenvalue weighted by molar-refractivity contribution is -0.122. The van der Waals surface area contributed by atoms with Crippen LogP contribution in [0.4, 0.5) is 0 Å². The summed E-state index contributed by atoms with van der Waals surface area (Å²) in [5, 5.41) is 4.11. The van der Waals surface area contributed by atoms with Crippen molar-refractivity contribution >= 4 is 29.1 Å². The molecule has 1 aromatic rings. The van der Waals surface area contributed by atoms with Crippen molar-refractivity contribution in [1.82, 2.24) is 5.32 Å². The summed E-state index contributed by atoms with van der Waals surface area (Å²) in [5.41, 5.74) is 1.91. The number of nitrogens with one attached hydrogen (secondary N) is 1. The lowest BCUT2D eigenvalue weighted by Gasteiger charge is -2.12. The highest BCUT2D eigenvalue weighted by Crippen LogP contribution is 2.25. The Labute approximate surface area is 123 Å². The van der Waals surface area contributed by atoms with E-state index in [4.69, 9.17) is 27.9 Å². The molecule has 0 spiro atoms. The first-order valence-corrected chi connectivity index (χ1v) is 7.11. The summed E-state index contributed by atoms with van der Waals surface area (Å²) in [6.07, 6.45) is 1.48. The molecule has 1 aromatic carbocycles. The molecule has 1 saturated heterocycles. The second-order valence-corrected chi connectivity index (χ2v) is 5.74. The largest absolute Gasteiger partial charge is 0.381 e. The minimum absolute atomic E-state index is 0.0425. The molecule has 1 aliphatic heterocycles. The van der Waals surface area contributed by atoms with Gasteiger partial charge in [-0.25, -0.2) is 0 Å². The molecule has 2 rings (SSSR count). The molecule has 0 aromatic heterocycles. The smallest absolute Gasteiger partial charge is 0.220 e. The van der Waals surface area contributed by atoms with Crippen molar-refractivity contribution in [3.05, 3.63) is 33.3 Å². The number of aryl methyl sites for hydroxylation is 1.